The van der Waals surface area contributed by atoms with Gasteiger partial charge >= 0.3 is 0 Å². The van der Waals surface area contributed by atoms with Crippen molar-refractivity contribution in [3.8, 4) is 0 Å². The van der Waals surface area contributed by atoms with Crippen molar-refractivity contribution in [1.29, 1.82) is 0 Å². The second-order valence-corrected chi connectivity index (χ2v) is 6.08. The average Bonchev–Trinajstić information content (AvgIpc) is 2.85. The number of hydrogen-bond donors (Lipinski definition) is 1. The Morgan fingerprint density at radius 2 is 2.30 bits per heavy atom. The van der Waals surface area contributed by atoms with Crippen molar-refractivity contribution < 1.29 is 9.13 Å². The van der Waals surface area contributed by atoms with E-state index in [-0.39, 0.29) is 17.5 Å². The van der Waals surface area contributed by atoms with Crippen LogP contribution in [0.1, 0.15) is 38.7 Å². The van der Waals surface area contributed by atoms with Crippen molar-refractivity contribution in [2.24, 2.45) is 0 Å². The lowest BCUT2D eigenvalue weighted by molar-refractivity contribution is -0.0115. The van der Waals surface area contributed by atoms with Crippen molar-refractivity contribution in [1.82, 2.24) is 5.32 Å². The van der Waals surface area contributed by atoms with Crippen molar-refractivity contribution in [2.75, 3.05) is 13.2 Å². The number of rotatable bonds is 6. The molecule has 1 fully saturated rings. The summed E-state index contributed by atoms with van der Waals surface area (Å²) in [6.45, 7) is 5.92. The molecule has 0 aliphatic carbocycles. The van der Waals surface area contributed by atoms with Crippen LogP contribution < -0.4 is 5.32 Å². The lowest BCUT2D eigenvalue weighted by Gasteiger charge is -2.34. The molecule has 0 aromatic heterocycles. The van der Waals surface area contributed by atoms with Gasteiger partial charge in [-0.3, -0.25) is 0 Å². The van der Waals surface area contributed by atoms with Crippen molar-refractivity contribution in [3.63, 3.8) is 0 Å². The summed E-state index contributed by atoms with van der Waals surface area (Å²) in [4.78, 5) is 0. The minimum Gasteiger partial charge on any atom is -0.374 e. The summed E-state index contributed by atoms with van der Waals surface area (Å²) in [6, 6.07) is 4.94. The Labute approximate surface area is 125 Å². The maximum Gasteiger partial charge on any atom is 0.127 e. The number of nitrogens with one attached hydrogen (secondary N) is 1. The largest absolute Gasteiger partial charge is 0.374 e. The second kappa shape index (κ2) is 6.88. The van der Waals surface area contributed by atoms with Gasteiger partial charge in [0, 0.05) is 23.2 Å². The Kier molecular flexibility index (Phi) is 5.42. The number of hydrogen-bond acceptors (Lipinski definition) is 2. The predicted molar refractivity (Wildman–Crippen MR) is 80.8 cm³/mol. The zero-order valence-electron chi connectivity index (χ0n) is 12.2. The van der Waals surface area contributed by atoms with Gasteiger partial charge in [-0.1, -0.05) is 24.6 Å². The van der Waals surface area contributed by atoms with Gasteiger partial charge in [0.2, 0.25) is 0 Å². The molecule has 2 unspecified atom stereocenters. The second-order valence-electron chi connectivity index (χ2n) is 5.68. The van der Waals surface area contributed by atoms with E-state index in [1.807, 2.05) is 0 Å². The molecule has 0 bridgehead atoms. The lowest BCUT2D eigenvalue weighted by Crippen LogP contribution is -2.50. The predicted octanol–water partition coefficient (Wildman–Crippen LogP) is 3.96. The third kappa shape index (κ3) is 3.51. The van der Waals surface area contributed by atoms with E-state index in [2.05, 4.69) is 19.2 Å². The molecular formula is C16H23ClFNO. The first-order chi connectivity index (χ1) is 9.57. The molecular weight excluding hydrogens is 277 g/mol. The van der Waals surface area contributed by atoms with Gasteiger partial charge in [0.1, 0.15) is 5.82 Å². The maximum atomic E-state index is 14.0. The molecule has 0 radical (unpaired) electrons. The van der Waals surface area contributed by atoms with E-state index in [9.17, 15) is 4.39 Å². The Morgan fingerprint density at radius 3 is 2.90 bits per heavy atom. The molecule has 1 aliphatic rings. The first kappa shape index (κ1) is 15.7. The van der Waals surface area contributed by atoms with E-state index in [1.54, 1.807) is 12.1 Å². The molecule has 0 saturated carbocycles. The summed E-state index contributed by atoms with van der Waals surface area (Å²) in [5.41, 5.74) is 0.348. The fourth-order valence-corrected chi connectivity index (χ4v) is 3.07. The Bertz CT molecular complexity index is 426. The van der Waals surface area contributed by atoms with Gasteiger partial charge in [-0.2, -0.15) is 0 Å². The average molecular weight is 300 g/mol. The smallest absolute Gasteiger partial charge is 0.127 e. The molecule has 0 spiro atoms. The molecule has 0 amide bonds. The van der Waals surface area contributed by atoms with E-state index in [4.69, 9.17) is 16.3 Å². The molecule has 112 valence electrons. The van der Waals surface area contributed by atoms with Crippen LogP contribution in [0.25, 0.3) is 0 Å². The van der Waals surface area contributed by atoms with E-state index >= 15 is 0 Å². The summed E-state index contributed by atoms with van der Waals surface area (Å²) < 4.78 is 19.9. The van der Waals surface area contributed by atoms with E-state index in [1.165, 1.54) is 6.07 Å². The summed E-state index contributed by atoms with van der Waals surface area (Å²) in [6.07, 6.45) is 3.66. The van der Waals surface area contributed by atoms with Crippen LogP contribution in [-0.2, 0) is 11.2 Å². The Morgan fingerprint density at radius 1 is 1.50 bits per heavy atom. The van der Waals surface area contributed by atoms with Crippen LogP contribution in [0.4, 0.5) is 4.39 Å². The maximum absolute atomic E-state index is 14.0. The van der Waals surface area contributed by atoms with Gasteiger partial charge in [0.15, 0.2) is 0 Å². The van der Waals surface area contributed by atoms with Crippen LogP contribution in [0.5, 0.6) is 0 Å². The monoisotopic (exact) mass is 299 g/mol. The van der Waals surface area contributed by atoms with Crippen molar-refractivity contribution in [2.45, 2.75) is 51.2 Å². The highest BCUT2D eigenvalue weighted by Crippen LogP contribution is 2.32. The molecule has 1 aliphatic heterocycles. The van der Waals surface area contributed by atoms with E-state index < -0.39 is 0 Å². The quantitative estimate of drug-likeness (QED) is 0.858. The fraction of sp³-hybridized carbons (Fsp3) is 0.625. The van der Waals surface area contributed by atoms with Gasteiger partial charge in [-0.25, -0.2) is 4.39 Å². The van der Waals surface area contributed by atoms with Gasteiger partial charge < -0.3 is 10.1 Å². The topological polar surface area (TPSA) is 21.3 Å². The highest BCUT2D eigenvalue weighted by Gasteiger charge is 2.38. The van der Waals surface area contributed by atoms with Crippen molar-refractivity contribution >= 4 is 11.6 Å². The molecule has 20 heavy (non-hydrogen) atoms. The number of benzene rings is 1. The summed E-state index contributed by atoms with van der Waals surface area (Å²) in [5.74, 6) is -0.234. The molecule has 1 aromatic carbocycles. The van der Waals surface area contributed by atoms with Gasteiger partial charge in [-0.05, 0) is 51.3 Å². The minimum atomic E-state index is -0.235. The molecule has 1 aromatic rings. The molecule has 4 heteroatoms. The zero-order valence-corrected chi connectivity index (χ0v) is 13.0. The van der Waals surface area contributed by atoms with Crippen LogP contribution in [0.2, 0.25) is 5.02 Å². The summed E-state index contributed by atoms with van der Waals surface area (Å²) >= 11 is 6.15. The first-order valence-electron chi connectivity index (χ1n) is 7.37. The fourth-order valence-electron chi connectivity index (χ4n) is 2.83. The third-order valence-electron chi connectivity index (χ3n) is 4.10. The SMILES string of the molecule is CCCNC(Cc1c(F)cccc1Cl)C1(C)CCCO1. The number of halogens is 2. The molecule has 2 rings (SSSR count). The standard InChI is InChI=1S/C16H23ClFNO/c1-3-9-19-15(16(2)8-5-10-20-16)11-12-13(17)6-4-7-14(12)18/h4,6-7,15,19H,3,5,8-11H2,1-2H3. The Hall–Kier alpha value is -0.640. The van der Waals surface area contributed by atoms with E-state index in [0.29, 0.717) is 17.0 Å². The highest BCUT2D eigenvalue weighted by molar-refractivity contribution is 6.31. The summed E-state index contributed by atoms with van der Waals surface area (Å²) in [5, 5.41) is 4.00. The molecule has 1 N–H and O–H groups in total. The van der Waals surface area contributed by atoms with Crippen molar-refractivity contribution in [3.05, 3.63) is 34.6 Å². The van der Waals surface area contributed by atoms with Crippen LogP contribution in [0.3, 0.4) is 0 Å². The normalized spacial score (nSPS) is 24.0. The van der Waals surface area contributed by atoms with Gasteiger partial charge in [-0.15, -0.1) is 0 Å². The minimum absolute atomic E-state index is 0.0827. The lowest BCUT2D eigenvalue weighted by atomic mass is 9.88. The van der Waals surface area contributed by atoms with Crippen LogP contribution in [0.15, 0.2) is 18.2 Å². The Balaban J connectivity index is 2.19. The van der Waals surface area contributed by atoms with Gasteiger partial charge in [0.05, 0.1) is 5.60 Å². The van der Waals surface area contributed by atoms with Crippen LogP contribution in [0, 0.1) is 5.82 Å². The zero-order chi connectivity index (χ0) is 14.6. The van der Waals surface area contributed by atoms with Crippen LogP contribution in [-0.4, -0.2) is 24.8 Å². The molecule has 1 saturated heterocycles. The highest BCUT2D eigenvalue weighted by atomic mass is 35.5. The molecule has 2 atom stereocenters. The number of ether oxygens (including phenoxy) is 1. The molecule has 2 nitrogen and oxygen atoms in total. The molecule has 1 heterocycles. The third-order valence-corrected chi connectivity index (χ3v) is 4.45. The van der Waals surface area contributed by atoms with Gasteiger partial charge in [0.25, 0.3) is 0 Å². The first-order valence-corrected chi connectivity index (χ1v) is 7.75. The van der Waals surface area contributed by atoms with E-state index in [0.717, 1.165) is 32.4 Å². The summed E-state index contributed by atoms with van der Waals surface area (Å²) in [7, 11) is 0. The van der Waals surface area contributed by atoms with Crippen LogP contribution >= 0.6 is 11.6 Å².